The van der Waals surface area contributed by atoms with Gasteiger partial charge < -0.3 is 9.72 Å². The van der Waals surface area contributed by atoms with Gasteiger partial charge in [-0.3, -0.25) is 14.5 Å². The molecule has 5 nitrogen and oxygen atoms in total. The summed E-state index contributed by atoms with van der Waals surface area (Å²) in [5, 5.41) is 1.25. The topological polar surface area (TPSA) is 62.4 Å². The molecule has 1 aromatic heterocycles. The maximum absolute atomic E-state index is 13.0. The number of nitrogens with one attached hydrogen (secondary N) is 1. The predicted octanol–water partition coefficient (Wildman–Crippen LogP) is 3.00. The lowest BCUT2D eigenvalue weighted by molar-refractivity contribution is -0.166. The van der Waals surface area contributed by atoms with Crippen molar-refractivity contribution in [3.63, 3.8) is 0 Å². The van der Waals surface area contributed by atoms with Gasteiger partial charge >= 0.3 is 5.97 Å². The smallest absolute Gasteiger partial charge is 0.320 e. The molecule has 2 aliphatic heterocycles. The van der Waals surface area contributed by atoms with Crippen LogP contribution in [0.3, 0.4) is 0 Å². The lowest BCUT2D eigenvalue weighted by atomic mass is 9.72. The minimum atomic E-state index is -1.00. The molecule has 4 rings (SSSR count). The Morgan fingerprint density at radius 2 is 2.16 bits per heavy atom. The molecule has 5 heteroatoms. The number of carbonyl (C=O) groups excluding carboxylic acids is 2. The molecule has 0 aliphatic carbocycles. The van der Waals surface area contributed by atoms with Crippen LogP contribution in [-0.2, 0) is 20.7 Å². The van der Waals surface area contributed by atoms with Crippen LogP contribution in [0.5, 0.6) is 0 Å². The number of piperidine rings is 1. The van der Waals surface area contributed by atoms with Crippen LogP contribution in [0.15, 0.2) is 24.3 Å². The van der Waals surface area contributed by atoms with Crippen molar-refractivity contribution in [1.82, 2.24) is 9.88 Å². The Bertz CT molecular complexity index is 841. The summed E-state index contributed by atoms with van der Waals surface area (Å²) >= 11 is 0. The number of nitrogens with zero attached hydrogens (tertiary/aromatic N) is 1. The SMILES string of the molecule is CCOC(=O)C1(CC)CN2CCc3c([nH]c4ccccc34)C2CC1=O. The molecule has 1 fully saturated rings. The van der Waals surface area contributed by atoms with E-state index in [9.17, 15) is 9.59 Å². The van der Waals surface area contributed by atoms with E-state index >= 15 is 0 Å². The quantitative estimate of drug-likeness (QED) is 0.689. The van der Waals surface area contributed by atoms with Crippen molar-refractivity contribution in [1.29, 1.82) is 0 Å². The number of H-pyrrole nitrogens is 1. The van der Waals surface area contributed by atoms with Crippen LogP contribution in [0.2, 0.25) is 0 Å². The Labute approximate surface area is 147 Å². The van der Waals surface area contributed by atoms with Crippen molar-refractivity contribution in [2.24, 2.45) is 5.41 Å². The van der Waals surface area contributed by atoms with Gasteiger partial charge in [-0.15, -0.1) is 0 Å². The first-order chi connectivity index (χ1) is 12.1. The van der Waals surface area contributed by atoms with Crippen LogP contribution >= 0.6 is 0 Å². The number of benzene rings is 1. The summed E-state index contributed by atoms with van der Waals surface area (Å²) < 4.78 is 5.25. The van der Waals surface area contributed by atoms with Gasteiger partial charge in [-0.25, -0.2) is 0 Å². The number of aromatic amines is 1. The van der Waals surface area contributed by atoms with Gasteiger partial charge in [0.2, 0.25) is 0 Å². The molecule has 0 spiro atoms. The summed E-state index contributed by atoms with van der Waals surface area (Å²) in [6.07, 6.45) is 1.80. The zero-order chi connectivity index (χ0) is 17.6. The van der Waals surface area contributed by atoms with Crippen molar-refractivity contribution in [3.8, 4) is 0 Å². The number of para-hydroxylation sites is 1. The first kappa shape index (κ1) is 16.3. The Balaban J connectivity index is 1.71. The Hall–Kier alpha value is -2.14. The van der Waals surface area contributed by atoms with Crippen LogP contribution in [0.1, 0.15) is 44.0 Å². The van der Waals surface area contributed by atoms with Crippen LogP contribution in [-0.4, -0.2) is 41.3 Å². The summed E-state index contributed by atoms with van der Waals surface area (Å²) in [4.78, 5) is 31.4. The second-order valence-electron chi connectivity index (χ2n) is 7.08. The summed E-state index contributed by atoms with van der Waals surface area (Å²) in [7, 11) is 0. The Morgan fingerprint density at radius 3 is 2.92 bits per heavy atom. The van der Waals surface area contributed by atoms with Crippen molar-refractivity contribution >= 4 is 22.7 Å². The van der Waals surface area contributed by atoms with E-state index in [1.54, 1.807) is 6.92 Å². The third-order valence-electron chi connectivity index (χ3n) is 5.92. The second-order valence-corrected chi connectivity index (χ2v) is 7.08. The molecule has 0 amide bonds. The molecule has 2 atom stereocenters. The molecule has 0 radical (unpaired) electrons. The van der Waals surface area contributed by atoms with Crippen LogP contribution in [0.4, 0.5) is 0 Å². The van der Waals surface area contributed by atoms with Crippen molar-refractivity contribution in [3.05, 3.63) is 35.5 Å². The fourth-order valence-electron chi connectivity index (χ4n) is 4.50. The number of carbonyl (C=O) groups is 2. The largest absolute Gasteiger partial charge is 0.465 e. The third-order valence-corrected chi connectivity index (χ3v) is 5.92. The van der Waals surface area contributed by atoms with Crippen molar-refractivity contribution < 1.29 is 14.3 Å². The lowest BCUT2D eigenvalue weighted by Crippen LogP contribution is -2.56. The monoisotopic (exact) mass is 340 g/mol. The molecular weight excluding hydrogens is 316 g/mol. The Kier molecular flexibility index (Phi) is 3.91. The number of ether oxygens (including phenoxy) is 1. The fourth-order valence-corrected chi connectivity index (χ4v) is 4.50. The first-order valence-electron chi connectivity index (χ1n) is 9.14. The number of aromatic nitrogens is 1. The summed E-state index contributed by atoms with van der Waals surface area (Å²) in [6, 6.07) is 8.34. The van der Waals surface area contributed by atoms with Gasteiger partial charge in [0.15, 0.2) is 5.78 Å². The Morgan fingerprint density at radius 1 is 1.36 bits per heavy atom. The minimum absolute atomic E-state index is 0.0150. The van der Waals surface area contributed by atoms with Crippen molar-refractivity contribution in [2.75, 3.05) is 19.7 Å². The molecule has 1 aromatic carbocycles. The minimum Gasteiger partial charge on any atom is -0.465 e. The molecule has 132 valence electrons. The number of Topliss-reactive ketones (excluding diaryl/α,β-unsaturated/α-hetero) is 1. The zero-order valence-electron chi connectivity index (χ0n) is 14.8. The molecule has 0 bridgehead atoms. The molecule has 3 heterocycles. The lowest BCUT2D eigenvalue weighted by Gasteiger charge is -2.46. The molecule has 25 heavy (non-hydrogen) atoms. The normalized spacial score (nSPS) is 26.3. The average Bonchev–Trinajstić information content (AvgIpc) is 3.00. The van der Waals surface area contributed by atoms with E-state index in [1.165, 1.54) is 10.9 Å². The van der Waals surface area contributed by atoms with E-state index in [4.69, 9.17) is 4.74 Å². The number of hydrogen-bond acceptors (Lipinski definition) is 4. The molecular formula is C20H24N2O3. The number of esters is 1. The van der Waals surface area contributed by atoms with Gasteiger partial charge in [0, 0.05) is 36.1 Å². The highest BCUT2D eigenvalue weighted by atomic mass is 16.5. The van der Waals surface area contributed by atoms with Gasteiger partial charge in [-0.1, -0.05) is 25.1 Å². The number of fused-ring (bicyclic) bond motifs is 5. The highest BCUT2D eigenvalue weighted by Crippen LogP contribution is 2.44. The average molecular weight is 340 g/mol. The maximum atomic E-state index is 13.0. The number of hydrogen-bond donors (Lipinski definition) is 1. The van der Waals surface area contributed by atoms with Crippen molar-refractivity contribution in [2.45, 2.75) is 39.2 Å². The molecule has 2 aromatic rings. The number of ketones is 1. The fraction of sp³-hybridized carbons (Fsp3) is 0.500. The summed E-state index contributed by atoms with van der Waals surface area (Å²) in [6.45, 7) is 5.33. The van der Waals surface area contributed by atoms with E-state index in [0.717, 1.165) is 24.2 Å². The molecule has 0 saturated carbocycles. The highest BCUT2D eigenvalue weighted by Gasteiger charge is 2.53. The summed E-state index contributed by atoms with van der Waals surface area (Å²) in [5.74, 6) is -0.343. The van der Waals surface area contributed by atoms with Gasteiger partial charge in [0.05, 0.1) is 12.6 Å². The van der Waals surface area contributed by atoms with Gasteiger partial charge in [0.25, 0.3) is 0 Å². The number of rotatable bonds is 3. The van der Waals surface area contributed by atoms with Crippen LogP contribution in [0, 0.1) is 5.41 Å². The highest BCUT2D eigenvalue weighted by molar-refractivity contribution is 6.05. The van der Waals surface area contributed by atoms with Crippen LogP contribution < -0.4 is 0 Å². The van der Waals surface area contributed by atoms with Gasteiger partial charge in [0.1, 0.15) is 5.41 Å². The molecule has 2 aliphatic rings. The molecule has 1 N–H and O–H groups in total. The van der Waals surface area contributed by atoms with Gasteiger partial charge in [-0.05, 0) is 31.4 Å². The second kappa shape index (κ2) is 5.99. The van der Waals surface area contributed by atoms with Crippen LogP contribution in [0.25, 0.3) is 10.9 Å². The van der Waals surface area contributed by atoms with E-state index in [1.807, 2.05) is 13.0 Å². The zero-order valence-corrected chi connectivity index (χ0v) is 14.8. The first-order valence-corrected chi connectivity index (χ1v) is 9.14. The van der Waals surface area contributed by atoms with E-state index in [-0.39, 0.29) is 17.8 Å². The molecule has 1 saturated heterocycles. The third kappa shape index (κ3) is 2.33. The maximum Gasteiger partial charge on any atom is 0.320 e. The summed E-state index contributed by atoms with van der Waals surface area (Å²) in [5.41, 5.74) is 2.59. The molecule has 2 unspecified atom stereocenters. The van der Waals surface area contributed by atoms with E-state index in [0.29, 0.717) is 26.0 Å². The van der Waals surface area contributed by atoms with Gasteiger partial charge in [-0.2, -0.15) is 0 Å². The standard InChI is InChI=1S/C20H24N2O3/c1-3-20(19(24)25-4-2)12-22-10-9-14-13-7-5-6-8-15(13)21-18(14)16(22)11-17(20)23/h5-8,16,21H,3-4,9-12H2,1-2H3. The predicted molar refractivity (Wildman–Crippen MR) is 95.3 cm³/mol. The van der Waals surface area contributed by atoms with E-state index in [2.05, 4.69) is 28.1 Å². The van der Waals surface area contributed by atoms with E-state index < -0.39 is 5.41 Å².